The topological polar surface area (TPSA) is 70.8 Å². The van der Waals surface area contributed by atoms with Gasteiger partial charge in [0.05, 0.1) is 21.2 Å². The van der Waals surface area contributed by atoms with E-state index in [-0.39, 0.29) is 11.5 Å². The minimum Gasteiger partial charge on any atom is -0.478 e. The van der Waals surface area contributed by atoms with Gasteiger partial charge in [-0.15, -0.1) is 0 Å². The Bertz CT molecular complexity index is 1280. The molecular weight excluding hydrogens is 522 g/mol. The Morgan fingerprint density at radius 3 is 2.71 bits per heavy atom. The van der Waals surface area contributed by atoms with Gasteiger partial charge in [0.2, 0.25) is 0 Å². The fourth-order valence-electron chi connectivity index (χ4n) is 3.04. The molecule has 1 N–H and O–H groups in total. The molecule has 4 rings (SSSR count). The van der Waals surface area contributed by atoms with Gasteiger partial charge in [0.15, 0.2) is 4.32 Å². The predicted molar refractivity (Wildman–Crippen MR) is 131 cm³/mol. The number of hydrogen-bond acceptors (Lipinski definition) is 5. The van der Waals surface area contributed by atoms with E-state index < -0.39 is 5.97 Å². The van der Waals surface area contributed by atoms with E-state index in [0.717, 1.165) is 10.0 Å². The second kappa shape index (κ2) is 8.63. The van der Waals surface area contributed by atoms with Gasteiger partial charge >= 0.3 is 5.97 Å². The molecule has 0 spiro atoms. The van der Waals surface area contributed by atoms with Crippen molar-refractivity contribution < 1.29 is 19.1 Å². The van der Waals surface area contributed by atoms with Crippen LogP contribution in [0.2, 0.25) is 5.02 Å². The third-order valence-corrected chi connectivity index (χ3v) is 7.14. The molecule has 1 aliphatic rings. The van der Waals surface area contributed by atoms with Crippen LogP contribution in [0.1, 0.15) is 21.7 Å². The number of nitrogens with zero attached hydrogens (tertiary/aromatic N) is 1. The molecule has 3 aromatic rings. The lowest BCUT2D eigenvalue weighted by Gasteiger charge is -2.15. The number of thiocarbonyl (C=S) groups is 1. The van der Waals surface area contributed by atoms with Crippen molar-refractivity contribution in [3.8, 4) is 11.3 Å². The van der Waals surface area contributed by atoms with Gasteiger partial charge in [0.25, 0.3) is 5.91 Å². The van der Waals surface area contributed by atoms with E-state index in [1.165, 1.54) is 16.7 Å². The number of carbonyl (C=O) groups excluding carboxylic acids is 1. The molecule has 0 unspecified atom stereocenters. The van der Waals surface area contributed by atoms with Crippen molar-refractivity contribution in [1.29, 1.82) is 0 Å². The van der Waals surface area contributed by atoms with Crippen molar-refractivity contribution in [2.24, 2.45) is 0 Å². The summed E-state index contributed by atoms with van der Waals surface area (Å²) >= 11 is 16.1. The summed E-state index contributed by atoms with van der Waals surface area (Å²) in [6.45, 7) is 1.87. The van der Waals surface area contributed by atoms with Crippen molar-refractivity contribution >= 4 is 79.5 Å². The van der Waals surface area contributed by atoms with E-state index in [1.54, 1.807) is 54.6 Å². The summed E-state index contributed by atoms with van der Waals surface area (Å²) in [7, 11) is 0. The lowest BCUT2D eigenvalue weighted by molar-refractivity contribution is -0.113. The number of thioether (sulfide) groups is 1. The quantitative estimate of drug-likeness (QED) is 0.294. The molecule has 156 valence electrons. The van der Waals surface area contributed by atoms with Gasteiger partial charge in [-0.05, 0) is 70.9 Å². The first-order valence-electron chi connectivity index (χ1n) is 8.92. The molecule has 0 saturated carbocycles. The Kier molecular flexibility index (Phi) is 6.07. The number of carboxylic acid groups (broad SMARTS) is 1. The first-order chi connectivity index (χ1) is 14.7. The van der Waals surface area contributed by atoms with Crippen LogP contribution in [0.4, 0.5) is 5.69 Å². The lowest BCUT2D eigenvalue weighted by Crippen LogP contribution is -2.27. The normalized spacial score (nSPS) is 15.2. The molecular formula is C22H13BrClNO4S2. The van der Waals surface area contributed by atoms with Crippen LogP contribution in [0.15, 0.2) is 62.3 Å². The van der Waals surface area contributed by atoms with Crippen LogP contribution >= 0.6 is 51.5 Å². The Morgan fingerprint density at radius 2 is 2.00 bits per heavy atom. The molecule has 1 fully saturated rings. The third-order valence-electron chi connectivity index (χ3n) is 4.61. The first kappa shape index (κ1) is 21.8. The molecule has 5 nitrogen and oxygen atoms in total. The van der Waals surface area contributed by atoms with Gasteiger partial charge in [-0.2, -0.15) is 0 Å². The Labute approximate surface area is 200 Å². The summed E-state index contributed by atoms with van der Waals surface area (Å²) < 4.78 is 7.00. The smallest absolute Gasteiger partial charge is 0.335 e. The third kappa shape index (κ3) is 4.34. The highest BCUT2D eigenvalue weighted by atomic mass is 79.9. The summed E-state index contributed by atoms with van der Waals surface area (Å²) in [5.41, 5.74) is 2.31. The number of amides is 1. The highest BCUT2D eigenvalue weighted by Crippen LogP contribution is 2.38. The van der Waals surface area contributed by atoms with Crippen molar-refractivity contribution in [3.05, 3.63) is 79.8 Å². The number of furan rings is 1. The van der Waals surface area contributed by atoms with Gasteiger partial charge in [-0.25, -0.2) is 4.79 Å². The number of anilines is 1. The van der Waals surface area contributed by atoms with Crippen molar-refractivity contribution in [1.82, 2.24) is 0 Å². The summed E-state index contributed by atoms with van der Waals surface area (Å²) in [4.78, 5) is 26.1. The SMILES string of the molecule is Cc1ccc(C(=O)O)cc1-c1ccc(/C=C2/SC(=S)N(c3ccc(Br)c(Cl)c3)C2=O)o1. The molecule has 0 aliphatic carbocycles. The van der Waals surface area contributed by atoms with Crippen LogP contribution in [-0.4, -0.2) is 21.3 Å². The minimum atomic E-state index is -1.01. The standard InChI is InChI=1S/C22H13BrClNO4S2/c1-11-2-3-12(21(27)28)8-15(11)18-7-5-14(29-18)10-19-20(26)25(22(30)31-19)13-4-6-16(23)17(24)9-13/h2-10H,1H3,(H,27,28)/b19-10+. The second-order valence-corrected chi connectivity index (χ2v) is 9.59. The van der Waals surface area contributed by atoms with Crippen LogP contribution in [0, 0.1) is 6.92 Å². The maximum absolute atomic E-state index is 13.0. The fraction of sp³-hybridized carbons (Fsp3) is 0.0455. The average Bonchev–Trinajstić information content (AvgIpc) is 3.29. The summed E-state index contributed by atoms with van der Waals surface area (Å²) in [6.07, 6.45) is 1.62. The van der Waals surface area contributed by atoms with Crippen LogP contribution in [0.3, 0.4) is 0 Å². The van der Waals surface area contributed by atoms with E-state index in [2.05, 4.69) is 15.9 Å². The number of aromatic carboxylic acids is 1. The number of carbonyl (C=O) groups is 2. The monoisotopic (exact) mass is 533 g/mol. The number of hydrogen-bond donors (Lipinski definition) is 1. The average molecular weight is 535 g/mol. The van der Waals surface area contributed by atoms with Crippen LogP contribution in [-0.2, 0) is 4.79 Å². The fourth-order valence-corrected chi connectivity index (χ4v) is 4.74. The van der Waals surface area contributed by atoms with Crippen molar-refractivity contribution in [3.63, 3.8) is 0 Å². The largest absolute Gasteiger partial charge is 0.478 e. The number of carboxylic acids is 1. The van der Waals surface area contributed by atoms with Crippen LogP contribution < -0.4 is 4.90 Å². The summed E-state index contributed by atoms with van der Waals surface area (Å²) in [5.74, 6) is -0.299. The zero-order chi connectivity index (χ0) is 22.3. The van der Waals surface area contributed by atoms with E-state index in [9.17, 15) is 14.7 Å². The van der Waals surface area contributed by atoms with Crippen molar-refractivity contribution in [2.75, 3.05) is 4.90 Å². The van der Waals surface area contributed by atoms with Crippen molar-refractivity contribution in [2.45, 2.75) is 6.92 Å². The van der Waals surface area contributed by atoms with Gasteiger partial charge in [-0.1, -0.05) is 41.6 Å². The maximum Gasteiger partial charge on any atom is 0.335 e. The van der Waals surface area contributed by atoms with E-state index in [4.69, 9.17) is 28.2 Å². The maximum atomic E-state index is 13.0. The Hall–Kier alpha value is -2.39. The lowest BCUT2D eigenvalue weighted by atomic mass is 10.0. The van der Waals surface area contributed by atoms with Gasteiger partial charge in [0, 0.05) is 16.1 Å². The van der Waals surface area contributed by atoms with Gasteiger partial charge < -0.3 is 9.52 Å². The number of benzene rings is 2. The van der Waals surface area contributed by atoms with Gasteiger partial charge in [-0.3, -0.25) is 9.69 Å². The summed E-state index contributed by atoms with van der Waals surface area (Å²) in [5, 5.41) is 9.72. The summed E-state index contributed by atoms with van der Waals surface area (Å²) in [6, 6.07) is 13.5. The molecule has 9 heteroatoms. The van der Waals surface area contributed by atoms with Crippen LogP contribution in [0.5, 0.6) is 0 Å². The molecule has 1 aliphatic heterocycles. The van der Waals surface area contributed by atoms with Crippen LogP contribution in [0.25, 0.3) is 17.4 Å². The number of rotatable bonds is 4. The molecule has 0 radical (unpaired) electrons. The molecule has 1 amide bonds. The second-order valence-electron chi connectivity index (χ2n) is 6.65. The first-order valence-corrected chi connectivity index (χ1v) is 11.3. The number of aryl methyl sites for hydroxylation is 1. The zero-order valence-corrected chi connectivity index (χ0v) is 19.9. The molecule has 1 saturated heterocycles. The molecule has 2 aromatic carbocycles. The predicted octanol–water partition coefficient (Wildman–Crippen LogP) is 6.77. The molecule has 0 bridgehead atoms. The molecule has 2 heterocycles. The Morgan fingerprint density at radius 1 is 1.23 bits per heavy atom. The molecule has 0 atom stereocenters. The van der Waals surface area contributed by atoms with Gasteiger partial charge in [0.1, 0.15) is 11.5 Å². The van der Waals surface area contributed by atoms with E-state index in [0.29, 0.717) is 37.0 Å². The highest BCUT2D eigenvalue weighted by molar-refractivity contribution is 9.10. The molecule has 1 aromatic heterocycles. The minimum absolute atomic E-state index is 0.174. The van der Waals surface area contributed by atoms with E-state index >= 15 is 0 Å². The Balaban J connectivity index is 1.63. The molecule has 31 heavy (non-hydrogen) atoms. The zero-order valence-electron chi connectivity index (χ0n) is 15.9. The van der Waals surface area contributed by atoms with E-state index in [1.807, 2.05) is 6.92 Å². The highest BCUT2D eigenvalue weighted by Gasteiger charge is 2.33. The number of halogens is 2.